The van der Waals surface area contributed by atoms with Crippen LogP contribution >= 0.6 is 12.4 Å². The molecule has 1 saturated heterocycles. The SMILES string of the molecule is C[C@@H](NC1CC(C(=O)N2CCN(C)CC2)C1)c1cccc2ccccc12.Cl. The van der Waals surface area contributed by atoms with E-state index >= 15 is 0 Å². The Morgan fingerprint density at radius 1 is 1.04 bits per heavy atom. The zero-order valence-electron chi connectivity index (χ0n) is 16.2. The number of benzene rings is 2. The van der Waals surface area contributed by atoms with Gasteiger partial charge in [0, 0.05) is 44.2 Å². The number of nitrogens with one attached hydrogen (secondary N) is 1. The Bertz CT molecular complexity index is 777. The second kappa shape index (κ2) is 8.59. The summed E-state index contributed by atoms with van der Waals surface area (Å²) in [6.45, 7) is 6.00. The normalized spacial score (nSPS) is 24.1. The molecule has 27 heavy (non-hydrogen) atoms. The lowest BCUT2D eigenvalue weighted by Gasteiger charge is -2.41. The van der Waals surface area contributed by atoms with Gasteiger partial charge in [0.15, 0.2) is 0 Å². The van der Waals surface area contributed by atoms with E-state index in [0.29, 0.717) is 18.0 Å². The van der Waals surface area contributed by atoms with Gasteiger partial charge in [0.05, 0.1) is 0 Å². The quantitative estimate of drug-likeness (QED) is 0.872. The third kappa shape index (κ3) is 4.29. The summed E-state index contributed by atoms with van der Waals surface area (Å²) in [4.78, 5) is 17.0. The molecule has 2 fully saturated rings. The number of hydrogen-bond donors (Lipinski definition) is 1. The van der Waals surface area contributed by atoms with Crippen LogP contribution in [-0.2, 0) is 4.79 Å². The maximum atomic E-state index is 12.6. The zero-order valence-corrected chi connectivity index (χ0v) is 17.0. The predicted octanol–water partition coefficient (Wildman–Crippen LogP) is 3.46. The van der Waals surface area contributed by atoms with E-state index in [9.17, 15) is 4.79 Å². The van der Waals surface area contributed by atoms with Crippen LogP contribution < -0.4 is 5.32 Å². The van der Waals surface area contributed by atoms with Crippen LogP contribution in [0, 0.1) is 5.92 Å². The highest BCUT2D eigenvalue weighted by atomic mass is 35.5. The van der Waals surface area contributed by atoms with Crippen molar-refractivity contribution in [3.8, 4) is 0 Å². The number of fused-ring (bicyclic) bond motifs is 1. The van der Waals surface area contributed by atoms with Gasteiger partial charge in [0.1, 0.15) is 0 Å². The van der Waals surface area contributed by atoms with Gasteiger partial charge >= 0.3 is 0 Å². The van der Waals surface area contributed by atoms with Crippen molar-refractivity contribution in [2.45, 2.75) is 31.8 Å². The second-order valence-electron chi connectivity index (χ2n) is 7.95. The van der Waals surface area contributed by atoms with E-state index < -0.39 is 0 Å². The molecule has 1 saturated carbocycles. The molecule has 2 aromatic rings. The van der Waals surface area contributed by atoms with Gasteiger partial charge in [-0.05, 0) is 43.1 Å². The van der Waals surface area contributed by atoms with Crippen molar-refractivity contribution in [1.82, 2.24) is 15.1 Å². The third-order valence-electron chi connectivity index (χ3n) is 6.08. The van der Waals surface area contributed by atoms with Crippen molar-refractivity contribution < 1.29 is 4.79 Å². The molecule has 1 aliphatic heterocycles. The number of halogens is 1. The van der Waals surface area contributed by atoms with Crippen molar-refractivity contribution in [3.63, 3.8) is 0 Å². The minimum atomic E-state index is 0. The summed E-state index contributed by atoms with van der Waals surface area (Å²) in [5.41, 5.74) is 1.34. The van der Waals surface area contributed by atoms with E-state index in [1.165, 1.54) is 16.3 Å². The van der Waals surface area contributed by atoms with E-state index in [-0.39, 0.29) is 18.3 Å². The highest BCUT2D eigenvalue weighted by Crippen LogP contribution is 2.32. The molecule has 1 atom stereocenters. The lowest BCUT2D eigenvalue weighted by Crippen LogP contribution is -2.53. The molecular weight excluding hydrogens is 358 g/mol. The summed E-state index contributed by atoms with van der Waals surface area (Å²) in [7, 11) is 2.12. The Morgan fingerprint density at radius 2 is 1.70 bits per heavy atom. The number of carbonyl (C=O) groups excluding carboxylic acids is 1. The molecule has 146 valence electrons. The van der Waals surface area contributed by atoms with Gasteiger partial charge in [0.2, 0.25) is 5.91 Å². The molecule has 0 aromatic heterocycles. The van der Waals surface area contributed by atoms with Gasteiger partial charge in [-0.25, -0.2) is 0 Å². The minimum absolute atomic E-state index is 0. The van der Waals surface area contributed by atoms with Crippen molar-refractivity contribution >= 4 is 29.1 Å². The van der Waals surface area contributed by atoms with E-state index in [1.54, 1.807) is 0 Å². The Kier molecular flexibility index (Phi) is 6.40. The number of rotatable bonds is 4. The molecular formula is C22H30ClN3O. The highest BCUT2D eigenvalue weighted by molar-refractivity contribution is 5.86. The fourth-order valence-electron chi connectivity index (χ4n) is 4.31. The average Bonchev–Trinajstić information content (AvgIpc) is 2.63. The first-order valence-electron chi connectivity index (χ1n) is 9.83. The van der Waals surface area contributed by atoms with Gasteiger partial charge in [-0.2, -0.15) is 0 Å². The molecule has 1 amide bonds. The highest BCUT2D eigenvalue weighted by Gasteiger charge is 2.37. The predicted molar refractivity (Wildman–Crippen MR) is 113 cm³/mol. The van der Waals surface area contributed by atoms with E-state index in [4.69, 9.17) is 0 Å². The molecule has 4 rings (SSSR count). The summed E-state index contributed by atoms with van der Waals surface area (Å²) in [6.07, 6.45) is 1.94. The molecule has 0 radical (unpaired) electrons. The Morgan fingerprint density at radius 3 is 2.44 bits per heavy atom. The number of amides is 1. The standard InChI is InChI=1S/C22H29N3O.ClH/c1-16(20-9-5-7-17-6-3-4-8-21(17)20)23-19-14-18(15-19)22(26)25-12-10-24(2)11-13-25;/h3-9,16,18-19,23H,10-15H2,1-2H3;1H/t16-,18?,19?;/m1./s1. The van der Waals surface area contributed by atoms with Crippen LogP contribution in [0.2, 0.25) is 0 Å². The first kappa shape index (κ1) is 20.1. The lowest BCUT2D eigenvalue weighted by molar-refractivity contribution is -0.140. The number of carbonyl (C=O) groups is 1. The summed E-state index contributed by atoms with van der Waals surface area (Å²) in [6, 6.07) is 15.8. The van der Waals surface area contributed by atoms with Crippen LogP contribution in [0.3, 0.4) is 0 Å². The number of likely N-dealkylation sites (N-methyl/N-ethyl adjacent to an activating group) is 1. The lowest BCUT2D eigenvalue weighted by atomic mass is 9.78. The topological polar surface area (TPSA) is 35.6 Å². The van der Waals surface area contributed by atoms with E-state index in [0.717, 1.165) is 39.0 Å². The average molecular weight is 388 g/mol. The fourth-order valence-corrected chi connectivity index (χ4v) is 4.31. The van der Waals surface area contributed by atoms with Gasteiger partial charge < -0.3 is 15.1 Å². The Hall–Kier alpha value is -1.62. The summed E-state index contributed by atoms with van der Waals surface area (Å²) in [5.74, 6) is 0.588. The van der Waals surface area contributed by atoms with E-state index in [1.807, 2.05) is 0 Å². The molecule has 4 nitrogen and oxygen atoms in total. The first-order valence-corrected chi connectivity index (χ1v) is 9.83. The molecule has 0 unspecified atom stereocenters. The number of hydrogen-bond acceptors (Lipinski definition) is 3. The van der Waals surface area contributed by atoms with Gasteiger partial charge in [0.25, 0.3) is 0 Å². The largest absolute Gasteiger partial charge is 0.340 e. The van der Waals surface area contributed by atoms with Crippen LogP contribution in [0.1, 0.15) is 31.4 Å². The van der Waals surface area contributed by atoms with Gasteiger partial charge in [-0.1, -0.05) is 42.5 Å². The van der Waals surface area contributed by atoms with Crippen LogP contribution in [-0.4, -0.2) is 55.0 Å². The fraction of sp³-hybridized carbons (Fsp3) is 0.500. The molecule has 0 bridgehead atoms. The van der Waals surface area contributed by atoms with Crippen molar-refractivity contribution in [2.24, 2.45) is 5.92 Å². The Labute approximate surface area is 168 Å². The molecule has 2 aromatic carbocycles. The number of nitrogens with zero attached hydrogens (tertiary/aromatic N) is 2. The van der Waals surface area contributed by atoms with E-state index in [2.05, 4.69) is 71.6 Å². The van der Waals surface area contributed by atoms with Gasteiger partial charge in [-0.15, -0.1) is 12.4 Å². The Balaban J connectivity index is 0.00000210. The first-order chi connectivity index (χ1) is 12.6. The van der Waals surface area contributed by atoms with Crippen molar-refractivity contribution in [3.05, 3.63) is 48.0 Å². The summed E-state index contributed by atoms with van der Waals surface area (Å²) < 4.78 is 0. The summed E-state index contributed by atoms with van der Waals surface area (Å²) in [5, 5.41) is 6.35. The van der Waals surface area contributed by atoms with Crippen molar-refractivity contribution in [1.29, 1.82) is 0 Å². The molecule has 5 heteroatoms. The molecule has 1 aliphatic carbocycles. The molecule has 1 N–H and O–H groups in total. The zero-order chi connectivity index (χ0) is 18.1. The maximum Gasteiger partial charge on any atom is 0.225 e. The minimum Gasteiger partial charge on any atom is -0.340 e. The maximum absolute atomic E-state index is 12.6. The molecule has 2 aliphatic rings. The van der Waals surface area contributed by atoms with Crippen molar-refractivity contribution in [2.75, 3.05) is 33.2 Å². The third-order valence-corrected chi connectivity index (χ3v) is 6.08. The second-order valence-corrected chi connectivity index (χ2v) is 7.95. The summed E-state index contributed by atoms with van der Waals surface area (Å²) >= 11 is 0. The van der Waals surface area contributed by atoms with Crippen LogP contribution in [0.15, 0.2) is 42.5 Å². The van der Waals surface area contributed by atoms with Gasteiger partial charge in [-0.3, -0.25) is 4.79 Å². The number of piperazine rings is 1. The van der Waals surface area contributed by atoms with Crippen LogP contribution in [0.4, 0.5) is 0 Å². The molecule has 1 heterocycles. The smallest absolute Gasteiger partial charge is 0.225 e. The van der Waals surface area contributed by atoms with Crippen LogP contribution in [0.25, 0.3) is 10.8 Å². The molecule has 0 spiro atoms. The van der Waals surface area contributed by atoms with Crippen LogP contribution in [0.5, 0.6) is 0 Å². The monoisotopic (exact) mass is 387 g/mol.